The SMILES string of the molecule is CCN1CCN(c2ccc(NC(=O)c3cnc4ccccc4n3)cc2C)CC1. The molecule has 0 radical (unpaired) electrons. The number of carbonyl (C=O) groups excluding carboxylic acids is 1. The van der Waals surface area contributed by atoms with Crippen molar-refractivity contribution in [2.75, 3.05) is 42.9 Å². The maximum atomic E-state index is 12.6. The lowest BCUT2D eigenvalue weighted by molar-refractivity contribution is 0.102. The van der Waals surface area contributed by atoms with E-state index in [0.29, 0.717) is 11.2 Å². The summed E-state index contributed by atoms with van der Waals surface area (Å²) in [4.78, 5) is 26.2. The van der Waals surface area contributed by atoms with Gasteiger partial charge in [0.15, 0.2) is 0 Å². The molecule has 3 aromatic rings. The van der Waals surface area contributed by atoms with Gasteiger partial charge in [-0.25, -0.2) is 4.98 Å². The second kappa shape index (κ2) is 7.94. The number of benzene rings is 2. The number of nitrogens with one attached hydrogen (secondary N) is 1. The van der Waals surface area contributed by atoms with Gasteiger partial charge in [0, 0.05) is 37.6 Å². The van der Waals surface area contributed by atoms with Crippen molar-refractivity contribution in [1.82, 2.24) is 14.9 Å². The summed E-state index contributed by atoms with van der Waals surface area (Å²) in [6, 6.07) is 13.6. The van der Waals surface area contributed by atoms with E-state index in [4.69, 9.17) is 0 Å². The zero-order valence-corrected chi connectivity index (χ0v) is 16.4. The number of nitrogens with zero attached hydrogens (tertiary/aromatic N) is 4. The normalized spacial score (nSPS) is 15.0. The number of carbonyl (C=O) groups is 1. The highest BCUT2D eigenvalue weighted by Crippen LogP contribution is 2.25. The van der Waals surface area contributed by atoms with Crippen LogP contribution in [0.25, 0.3) is 11.0 Å². The van der Waals surface area contributed by atoms with Crippen molar-refractivity contribution in [3.8, 4) is 0 Å². The van der Waals surface area contributed by atoms with Gasteiger partial charge in [-0.2, -0.15) is 0 Å². The van der Waals surface area contributed by atoms with Crippen LogP contribution in [0, 0.1) is 6.92 Å². The first-order valence-electron chi connectivity index (χ1n) is 9.75. The number of para-hydroxylation sites is 2. The number of piperazine rings is 1. The van der Waals surface area contributed by atoms with E-state index in [0.717, 1.165) is 49.5 Å². The molecule has 6 heteroatoms. The van der Waals surface area contributed by atoms with E-state index < -0.39 is 0 Å². The fourth-order valence-corrected chi connectivity index (χ4v) is 3.65. The van der Waals surface area contributed by atoms with E-state index >= 15 is 0 Å². The van der Waals surface area contributed by atoms with Crippen molar-refractivity contribution in [2.24, 2.45) is 0 Å². The molecule has 144 valence electrons. The van der Waals surface area contributed by atoms with Gasteiger partial charge in [0.25, 0.3) is 5.91 Å². The highest BCUT2D eigenvalue weighted by molar-refractivity contribution is 6.03. The predicted octanol–water partition coefficient (Wildman–Crippen LogP) is 3.33. The highest BCUT2D eigenvalue weighted by atomic mass is 16.1. The summed E-state index contributed by atoms with van der Waals surface area (Å²) in [6.07, 6.45) is 1.52. The van der Waals surface area contributed by atoms with E-state index in [1.165, 1.54) is 11.9 Å². The Labute approximate surface area is 165 Å². The number of rotatable bonds is 4. The Morgan fingerprint density at radius 2 is 1.82 bits per heavy atom. The van der Waals surface area contributed by atoms with Gasteiger partial charge < -0.3 is 15.1 Å². The summed E-state index contributed by atoms with van der Waals surface area (Å²) in [7, 11) is 0. The number of likely N-dealkylation sites (N-methyl/N-ethyl adjacent to an activating group) is 1. The van der Waals surface area contributed by atoms with Gasteiger partial charge in [-0.15, -0.1) is 0 Å². The molecule has 1 aliphatic rings. The number of anilines is 2. The summed E-state index contributed by atoms with van der Waals surface area (Å²) in [5.74, 6) is -0.248. The second-order valence-electron chi connectivity index (χ2n) is 7.12. The number of amides is 1. The van der Waals surface area contributed by atoms with Crippen molar-refractivity contribution in [3.05, 3.63) is 59.9 Å². The Bertz CT molecular complexity index is 995. The van der Waals surface area contributed by atoms with Crippen LogP contribution in [0.5, 0.6) is 0 Å². The molecule has 28 heavy (non-hydrogen) atoms. The predicted molar refractivity (Wildman–Crippen MR) is 113 cm³/mol. The van der Waals surface area contributed by atoms with Gasteiger partial charge >= 0.3 is 0 Å². The molecule has 1 fully saturated rings. The first-order valence-corrected chi connectivity index (χ1v) is 9.75. The Hall–Kier alpha value is -2.99. The standard InChI is InChI=1S/C22H25N5O/c1-3-26-10-12-27(13-11-26)21-9-8-17(14-16(21)2)24-22(28)20-15-23-18-6-4-5-7-19(18)25-20/h4-9,14-15H,3,10-13H2,1-2H3,(H,24,28). The average Bonchev–Trinajstić information content (AvgIpc) is 2.73. The van der Waals surface area contributed by atoms with Crippen LogP contribution >= 0.6 is 0 Å². The third-order valence-corrected chi connectivity index (χ3v) is 5.30. The number of hydrogen-bond donors (Lipinski definition) is 1. The van der Waals surface area contributed by atoms with Crippen molar-refractivity contribution in [3.63, 3.8) is 0 Å². The lowest BCUT2D eigenvalue weighted by Crippen LogP contribution is -2.46. The van der Waals surface area contributed by atoms with Gasteiger partial charge in [-0.3, -0.25) is 9.78 Å². The molecule has 0 atom stereocenters. The van der Waals surface area contributed by atoms with Crippen molar-refractivity contribution < 1.29 is 4.79 Å². The molecule has 6 nitrogen and oxygen atoms in total. The lowest BCUT2D eigenvalue weighted by atomic mass is 10.1. The van der Waals surface area contributed by atoms with Crippen molar-refractivity contribution >= 4 is 28.3 Å². The number of aryl methyl sites for hydroxylation is 1. The van der Waals surface area contributed by atoms with Crippen LogP contribution < -0.4 is 10.2 Å². The van der Waals surface area contributed by atoms with E-state index in [2.05, 4.69) is 45.0 Å². The van der Waals surface area contributed by atoms with Gasteiger partial charge in [0.1, 0.15) is 5.69 Å². The van der Waals surface area contributed by atoms with Gasteiger partial charge in [0.2, 0.25) is 0 Å². The zero-order chi connectivity index (χ0) is 19.5. The first kappa shape index (κ1) is 18.4. The minimum atomic E-state index is -0.248. The largest absolute Gasteiger partial charge is 0.369 e. The van der Waals surface area contributed by atoms with E-state index in [1.807, 2.05) is 36.4 Å². The molecule has 1 amide bonds. The number of fused-ring (bicyclic) bond motifs is 1. The van der Waals surface area contributed by atoms with Crippen LogP contribution in [-0.2, 0) is 0 Å². The molecule has 1 N–H and O–H groups in total. The van der Waals surface area contributed by atoms with Crippen LogP contribution in [0.15, 0.2) is 48.7 Å². The first-order chi connectivity index (χ1) is 13.6. The molecule has 1 aromatic heterocycles. The second-order valence-corrected chi connectivity index (χ2v) is 7.12. The molecule has 0 unspecified atom stereocenters. The lowest BCUT2D eigenvalue weighted by Gasteiger charge is -2.36. The fraction of sp³-hybridized carbons (Fsp3) is 0.318. The number of aromatic nitrogens is 2. The van der Waals surface area contributed by atoms with E-state index in [9.17, 15) is 4.79 Å². The van der Waals surface area contributed by atoms with Gasteiger partial charge in [-0.1, -0.05) is 19.1 Å². The van der Waals surface area contributed by atoms with Gasteiger partial charge in [-0.05, 0) is 49.4 Å². The molecule has 1 saturated heterocycles. The molecule has 1 aliphatic heterocycles. The van der Waals surface area contributed by atoms with Crippen LogP contribution in [0.3, 0.4) is 0 Å². The third kappa shape index (κ3) is 3.82. The fourth-order valence-electron chi connectivity index (χ4n) is 3.65. The van der Waals surface area contributed by atoms with E-state index in [-0.39, 0.29) is 5.91 Å². The summed E-state index contributed by atoms with van der Waals surface area (Å²) < 4.78 is 0. The molecule has 0 bridgehead atoms. The Morgan fingerprint density at radius 3 is 2.54 bits per heavy atom. The Balaban J connectivity index is 1.47. The molecule has 4 rings (SSSR count). The minimum Gasteiger partial charge on any atom is -0.369 e. The molecule has 0 saturated carbocycles. The molecule has 0 spiro atoms. The maximum absolute atomic E-state index is 12.6. The van der Waals surface area contributed by atoms with Crippen LogP contribution in [0.2, 0.25) is 0 Å². The van der Waals surface area contributed by atoms with Crippen molar-refractivity contribution in [1.29, 1.82) is 0 Å². The van der Waals surface area contributed by atoms with Crippen LogP contribution in [0.4, 0.5) is 11.4 Å². The Morgan fingerprint density at radius 1 is 1.07 bits per heavy atom. The topological polar surface area (TPSA) is 61.4 Å². The summed E-state index contributed by atoms with van der Waals surface area (Å²) >= 11 is 0. The van der Waals surface area contributed by atoms with Crippen LogP contribution in [0.1, 0.15) is 23.0 Å². The van der Waals surface area contributed by atoms with Crippen LogP contribution in [-0.4, -0.2) is 53.5 Å². The smallest absolute Gasteiger partial charge is 0.275 e. The molecule has 2 aromatic carbocycles. The molecule has 2 heterocycles. The average molecular weight is 375 g/mol. The van der Waals surface area contributed by atoms with Gasteiger partial charge in [0.05, 0.1) is 17.2 Å². The Kier molecular flexibility index (Phi) is 5.21. The minimum absolute atomic E-state index is 0.248. The third-order valence-electron chi connectivity index (χ3n) is 5.30. The summed E-state index contributed by atoms with van der Waals surface area (Å²) in [6.45, 7) is 9.66. The summed E-state index contributed by atoms with van der Waals surface area (Å²) in [5.41, 5.74) is 4.98. The maximum Gasteiger partial charge on any atom is 0.275 e. The summed E-state index contributed by atoms with van der Waals surface area (Å²) in [5, 5.41) is 2.94. The highest BCUT2D eigenvalue weighted by Gasteiger charge is 2.18. The quantitative estimate of drug-likeness (QED) is 0.758. The molecular formula is C22H25N5O. The zero-order valence-electron chi connectivity index (χ0n) is 16.4. The monoisotopic (exact) mass is 375 g/mol. The van der Waals surface area contributed by atoms with E-state index in [1.54, 1.807) is 0 Å². The number of hydrogen-bond acceptors (Lipinski definition) is 5. The molecular weight excluding hydrogens is 350 g/mol. The van der Waals surface area contributed by atoms with Crippen molar-refractivity contribution in [2.45, 2.75) is 13.8 Å². The molecule has 0 aliphatic carbocycles.